The van der Waals surface area contributed by atoms with Gasteiger partial charge in [0.1, 0.15) is 5.41 Å². The lowest BCUT2D eigenvalue weighted by molar-refractivity contribution is -0.127. The Morgan fingerprint density at radius 1 is 1.76 bits per heavy atom. The quantitative estimate of drug-likeness (QED) is 0.315. The fraction of sp³-hybridized carbons (Fsp3) is 0.500. The van der Waals surface area contributed by atoms with Gasteiger partial charge in [-0.15, -0.1) is 11.3 Å². The first kappa shape index (κ1) is 13.4. The number of aromatic nitrogens is 1. The van der Waals surface area contributed by atoms with Crippen LogP contribution in [0.5, 0.6) is 0 Å². The molecule has 1 heterocycles. The minimum Gasteiger partial charge on any atom is -0.409 e. The average molecular weight is 256 g/mol. The molecule has 0 aliphatic carbocycles. The molecule has 0 radical (unpaired) electrons. The Bertz CT molecular complexity index is 404. The summed E-state index contributed by atoms with van der Waals surface area (Å²) in [7, 11) is 0. The molecule has 0 saturated carbocycles. The molecule has 0 aliphatic heterocycles. The van der Waals surface area contributed by atoms with Crippen molar-refractivity contribution >= 4 is 23.1 Å². The zero-order valence-corrected chi connectivity index (χ0v) is 10.6. The lowest BCUT2D eigenvalue weighted by Crippen LogP contribution is -2.47. The number of thiazole rings is 1. The molecule has 0 aromatic carbocycles. The first-order valence-electron chi connectivity index (χ1n) is 5.18. The predicted octanol–water partition coefficient (Wildman–Crippen LogP) is 0.922. The third-order valence-electron chi connectivity index (χ3n) is 2.79. The third-order valence-corrected chi connectivity index (χ3v) is 3.57. The SMILES string of the molecule is CCC(C)(C(=O)NCc1cncs1)C(N)=NO. The molecule has 94 valence electrons. The summed E-state index contributed by atoms with van der Waals surface area (Å²) in [6.07, 6.45) is 2.15. The normalized spacial score (nSPS) is 15.3. The van der Waals surface area contributed by atoms with Crippen molar-refractivity contribution in [2.45, 2.75) is 26.8 Å². The van der Waals surface area contributed by atoms with Gasteiger partial charge in [-0.3, -0.25) is 9.78 Å². The molecule has 17 heavy (non-hydrogen) atoms. The van der Waals surface area contributed by atoms with Crippen LogP contribution >= 0.6 is 11.3 Å². The first-order chi connectivity index (χ1) is 8.04. The summed E-state index contributed by atoms with van der Waals surface area (Å²) in [6, 6.07) is 0. The van der Waals surface area contributed by atoms with Gasteiger partial charge < -0.3 is 16.3 Å². The molecule has 1 aromatic rings. The van der Waals surface area contributed by atoms with Crippen molar-refractivity contribution in [1.29, 1.82) is 0 Å². The van der Waals surface area contributed by atoms with Crippen LogP contribution in [-0.4, -0.2) is 21.9 Å². The molecule has 0 fully saturated rings. The summed E-state index contributed by atoms with van der Waals surface area (Å²) < 4.78 is 0. The van der Waals surface area contributed by atoms with Crippen molar-refractivity contribution in [3.63, 3.8) is 0 Å². The van der Waals surface area contributed by atoms with Gasteiger partial charge in [-0.2, -0.15) is 0 Å². The lowest BCUT2D eigenvalue weighted by atomic mass is 9.85. The van der Waals surface area contributed by atoms with Crippen molar-refractivity contribution in [3.8, 4) is 0 Å². The Labute approximate surface area is 104 Å². The highest BCUT2D eigenvalue weighted by atomic mass is 32.1. The van der Waals surface area contributed by atoms with Crippen LogP contribution in [0.1, 0.15) is 25.1 Å². The van der Waals surface area contributed by atoms with Crippen molar-refractivity contribution in [2.24, 2.45) is 16.3 Å². The van der Waals surface area contributed by atoms with Gasteiger partial charge in [0, 0.05) is 11.1 Å². The second-order valence-electron chi connectivity index (χ2n) is 3.82. The van der Waals surface area contributed by atoms with Gasteiger partial charge in [0.25, 0.3) is 0 Å². The molecule has 4 N–H and O–H groups in total. The molecule has 0 bridgehead atoms. The second kappa shape index (κ2) is 5.62. The summed E-state index contributed by atoms with van der Waals surface area (Å²) in [5.41, 5.74) is 6.25. The summed E-state index contributed by atoms with van der Waals surface area (Å²) >= 11 is 1.46. The maximum Gasteiger partial charge on any atom is 0.233 e. The maximum atomic E-state index is 12.0. The fourth-order valence-corrected chi connectivity index (χ4v) is 1.79. The number of nitrogens with one attached hydrogen (secondary N) is 1. The molecule has 7 heteroatoms. The number of oxime groups is 1. The number of carbonyl (C=O) groups is 1. The highest BCUT2D eigenvalue weighted by Gasteiger charge is 2.36. The van der Waals surface area contributed by atoms with Crippen LogP contribution in [0.4, 0.5) is 0 Å². The standard InChI is InChI=1S/C10H16N4O2S/c1-3-10(2,8(11)14-16)9(15)13-5-7-4-12-6-17-7/h4,6,16H,3,5H2,1-2H3,(H2,11,14)(H,13,15). The van der Waals surface area contributed by atoms with Crippen LogP contribution < -0.4 is 11.1 Å². The third kappa shape index (κ3) is 2.94. The van der Waals surface area contributed by atoms with Crippen LogP contribution in [0.3, 0.4) is 0 Å². The van der Waals surface area contributed by atoms with Crippen LogP contribution in [0.25, 0.3) is 0 Å². The van der Waals surface area contributed by atoms with E-state index >= 15 is 0 Å². The molecule has 1 aromatic heterocycles. The van der Waals surface area contributed by atoms with Crippen molar-refractivity contribution in [1.82, 2.24) is 10.3 Å². The summed E-state index contributed by atoms with van der Waals surface area (Å²) in [6.45, 7) is 3.85. The van der Waals surface area contributed by atoms with Gasteiger partial charge in [-0.25, -0.2) is 0 Å². The number of hydrogen-bond acceptors (Lipinski definition) is 5. The zero-order chi connectivity index (χ0) is 12.9. The van der Waals surface area contributed by atoms with E-state index in [2.05, 4.69) is 15.5 Å². The van der Waals surface area contributed by atoms with Gasteiger partial charge in [0.05, 0.1) is 12.1 Å². The fourth-order valence-electron chi connectivity index (χ4n) is 1.26. The number of amidine groups is 1. The van der Waals surface area contributed by atoms with E-state index in [1.54, 1.807) is 18.6 Å². The summed E-state index contributed by atoms with van der Waals surface area (Å²) in [5.74, 6) is -0.342. The van der Waals surface area contributed by atoms with Crippen molar-refractivity contribution < 1.29 is 10.0 Å². The van der Waals surface area contributed by atoms with Crippen LogP contribution in [0.15, 0.2) is 16.9 Å². The summed E-state index contributed by atoms with van der Waals surface area (Å²) in [5, 5.41) is 14.4. The van der Waals surface area contributed by atoms with Crippen LogP contribution in [0.2, 0.25) is 0 Å². The van der Waals surface area contributed by atoms with Gasteiger partial charge in [-0.1, -0.05) is 12.1 Å². The van der Waals surface area contributed by atoms with Crippen LogP contribution in [-0.2, 0) is 11.3 Å². The van der Waals surface area contributed by atoms with Crippen molar-refractivity contribution in [3.05, 3.63) is 16.6 Å². The smallest absolute Gasteiger partial charge is 0.233 e. The number of rotatable bonds is 5. The molecule has 0 aliphatic rings. The highest BCUT2D eigenvalue weighted by Crippen LogP contribution is 2.21. The molecule has 1 rings (SSSR count). The first-order valence-corrected chi connectivity index (χ1v) is 6.06. The Kier molecular flexibility index (Phi) is 4.45. The molecule has 6 nitrogen and oxygen atoms in total. The van der Waals surface area contributed by atoms with Crippen LogP contribution in [0, 0.1) is 5.41 Å². The zero-order valence-electron chi connectivity index (χ0n) is 9.80. The van der Waals surface area contributed by atoms with E-state index in [0.29, 0.717) is 13.0 Å². The van der Waals surface area contributed by atoms with Crippen molar-refractivity contribution in [2.75, 3.05) is 0 Å². The second-order valence-corrected chi connectivity index (χ2v) is 4.79. The number of nitrogens with zero attached hydrogens (tertiary/aromatic N) is 2. The topological polar surface area (TPSA) is 101 Å². The van der Waals surface area contributed by atoms with E-state index in [1.807, 2.05) is 6.92 Å². The van der Waals surface area contributed by atoms with Gasteiger partial charge >= 0.3 is 0 Å². The minimum absolute atomic E-state index is 0.0817. The average Bonchev–Trinajstić information content (AvgIpc) is 2.86. The summed E-state index contributed by atoms with van der Waals surface area (Å²) in [4.78, 5) is 16.9. The van der Waals surface area contributed by atoms with E-state index in [9.17, 15) is 4.79 Å². The largest absolute Gasteiger partial charge is 0.409 e. The molecular formula is C10H16N4O2S. The molecular weight excluding hydrogens is 240 g/mol. The van der Waals surface area contributed by atoms with Gasteiger partial charge in [0.15, 0.2) is 5.84 Å². The number of carbonyl (C=O) groups excluding carboxylic acids is 1. The molecule has 1 unspecified atom stereocenters. The van der Waals surface area contributed by atoms with Gasteiger partial charge in [-0.05, 0) is 13.3 Å². The molecule has 1 amide bonds. The number of hydrogen-bond donors (Lipinski definition) is 3. The number of nitrogens with two attached hydrogens (primary N) is 1. The van der Waals surface area contributed by atoms with Gasteiger partial charge in [0.2, 0.25) is 5.91 Å². The monoisotopic (exact) mass is 256 g/mol. The number of amides is 1. The predicted molar refractivity (Wildman–Crippen MR) is 65.8 cm³/mol. The molecule has 0 saturated heterocycles. The molecule has 0 spiro atoms. The Morgan fingerprint density at radius 2 is 2.47 bits per heavy atom. The van der Waals surface area contributed by atoms with E-state index < -0.39 is 5.41 Å². The maximum absolute atomic E-state index is 12.0. The van der Waals surface area contributed by atoms with E-state index in [0.717, 1.165) is 4.88 Å². The van der Waals surface area contributed by atoms with E-state index in [1.165, 1.54) is 11.3 Å². The Hall–Kier alpha value is -1.63. The molecule has 1 atom stereocenters. The van der Waals surface area contributed by atoms with E-state index in [4.69, 9.17) is 10.9 Å². The minimum atomic E-state index is -0.987. The Balaban J connectivity index is 2.67. The van der Waals surface area contributed by atoms with E-state index in [-0.39, 0.29) is 11.7 Å². The lowest BCUT2D eigenvalue weighted by Gasteiger charge is -2.24. The highest BCUT2D eigenvalue weighted by molar-refractivity contribution is 7.09. The Morgan fingerprint density at radius 3 is 2.94 bits per heavy atom.